The molecule has 1 aromatic carbocycles. The Bertz CT molecular complexity index is 1220. The average Bonchev–Trinajstić information content (AvgIpc) is 2.82. The van der Waals surface area contributed by atoms with E-state index in [-0.39, 0.29) is 29.8 Å². The van der Waals surface area contributed by atoms with Crippen LogP contribution >= 0.6 is 0 Å². The predicted octanol–water partition coefficient (Wildman–Crippen LogP) is 4.10. The highest BCUT2D eigenvalue weighted by atomic mass is 19.3. The Morgan fingerprint density at radius 1 is 1.09 bits per heavy atom. The molecule has 3 aromatic rings. The molecule has 1 aliphatic heterocycles. The first-order valence-corrected chi connectivity index (χ1v) is 10.7. The number of hydrogen-bond donors (Lipinski definition) is 3. The van der Waals surface area contributed by atoms with Crippen molar-refractivity contribution < 1.29 is 18.0 Å². The van der Waals surface area contributed by atoms with Crippen molar-refractivity contribution in [2.45, 2.75) is 25.3 Å². The van der Waals surface area contributed by atoms with Crippen LogP contribution in [0.5, 0.6) is 0 Å². The largest absolute Gasteiger partial charge is 0.398 e. The third-order valence-corrected chi connectivity index (χ3v) is 5.69. The monoisotopic (exact) mass is 468 g/mol. The molecule has 7 nitrogen and oxygen atoms in total. The Hall–Kier alpha value is -3.79. The molecule has 1 saturated heterocycles. The highest BCUT2D eigenvalue weighted by Crippen LogP contribution is 2.29. The van der Waals surface area contributed by atoms with E-state index in [9.17, 15) is 18.0 Å². The smallest absolute Gasteiger partial charge is 0.274 e. The SMILES string of the molecule is N=C(C(=O)Nc1cnccc1F)c1cc(-c2cncc(CN3CCC(F)(F)CC3)c2)ccc1N. The van der Waals surface area contributed by atoms with Gasteiger partial charge < -0.3 is 11.1 Å². The van der Waals surface area contributed by atoms with Gasteiger partial charge >= 0.3 is 0 Å². The number of carbonyl (C=O) groups excluding carboxylic acids is 1. The molecule has 0 spiro atoms. The molecule has 4 N–H and O–H groups in total. The molecule has 2 aromatic heterocycles. The van der Waals surface area contributed by atoms with Gasteiger partial charge in [-0.15, -0.1) is 0 Å². The van der Waals surface area contributed by atoms with E-state index < -0.39 is 23.4 Å². The molecular weight excluding hydrogens is 445 g/mol. The van der Waals surface area contributed by atoms with Gasteiger partial charge in [0.1, 0.15) is 11.5 Å². The highest BCUT2D eigenvalue weighted by molar-refractivity contribution is 6.48. The number of halogens is 3. The lowest BCUT2D eigenvalue weighted by molar-refractivity contribution is -0.110. The van der Waals surface area contributed by atoms with Gasteiger partial charge in [0.05, 0.1) is 11.9 Å². The Kier molecular flexibility index (Phi) is 6.60. The van der Waals surface area contributed by atoms with Gasteiger partial charge in [-0.3, -0.25) is 25.1 Å². The zero-order valence-electron chi connectivity index (χ0n) is 18.2. The number of carbonyl (C=O) groups is 1. The van der Waals surface area contributed by atoms with Crippen LogP contribution in [0.25, 0.3) is 11.1 Å². The third-order valence-electron chi connectivity index (χ3n) is 5.69. The topological polar surface area (TPSA) is 108 Å². The molecule has 0 aliphatic carbocycles. The zero-order valence-corrected chi connectivity index (χ0v) is 18.2. The van der Waals surface area contributed by atoms with Crippen molar-refractivity contribution in [3.05, 3.63) is 72.1 Å². The normalized spacial score (nSPS) is 15.6. The summed E-state index contributed by atoms with van der Waals surface area (Å²) in [7, 11) is 0. The minimum atomic E-state index is -2.60. The van der Waals surface area contributed by atoms with Crippen molar-refractivity contribution >= 4 is 23.0 Å². The van der Waals surface area contributed by atoms with Gasteiger partial charge in [0, 0.05) is 67.9 Å². The molecule has 0 radical (unpaired) electrons. The number of pyridine rings is 2. The number of nitrogens with zero attached hydrogens (tertiary/aromatic N) is 3. The van der Waals surface area contributed by atoms with E-state index in [1.54, 1.807) is 30.6 Å². The van der Waals surface area contributed by atoms with Gasteiger partial charge in [0.15, 0.2) is 0 Å². The first-order chi connectivity index (χ1) is 16.2. The fourth-order valence-corrected chi connectivity index (χ4v) is 3.76. The van der Waals surface area contributed by atoms with Gasteiger partial charge in [-0.2, -0.15) is 0 Å². The summed E-state index contributed by atoms with van der Waals surface area (Å²) in [6, 6.07) is 7.91. The lowest BCUT2D eigenvalue weighted by Gasteiger charge is -2.31. The number of rotatable bonds is 6. The predicted molar refractivity (Wildman–Crippen MR) is 123 cm³/mol. The van der Waals surface area contributed by atoms with Crippen molar-refractivity contribution in [2.24, 2.45) is 0 Å². The lowest BCUT2D eigenvalue weighted by Crippen LogP contribution is -2.38. The van der Waals surface area contributed by atoms with Gasteiger partial charge in [-0.25, -0.2) is 13.2 Å². The Morgan fingerprint density at radius 3 is 2.59 bits per heavy atom. The molecule has 0 bridgehead atoms. The van der Waals surface area contributed by atoms with Crippen LogP contribution in [0, 0.1) is 11.2 Å². The summed E-state index contributed by atoms with van der Waals surface area (Å²) in [6.45, 7) is 1.12. The first-order valence-electron chi connectivity index (χ1n) is 10.7. The molecule has 3 heterocycles. The van der Waals surface area contributed by atoms with E-state index >= 15 is 0 Å². The van der Waals surface area contributed by atoms with Crippen LogP contribution < -0.4 is 11.1 Å². The molecule has 34 heavy (non-hydrogen) atoms. The van der Waals surface area contributed by atoms with Crippen LogP contribution in [0.2, 0.25) is 0 Å². The van der Waals surface area contributed by atoms with E-state index in [4.69, 9.17) is 11.1 Å². The van der Waals surface area contributed by atoms with Gasteiger partial charge in [-0.05, 0) is 35.4 Å². The quantitative estimate of drug-likeness (QED) is 0.373. The minimum absolute atomic E-state index is 0.139. The molecule has 0 unspecified atom stereocenters. The summed E-state index contributed by atoms with van der Waals surface area (Å²) in [4.78, 5) is 22.5. The number of anilines is 2. The van der Waals surface area contributed by atoms with E-state index in [2.05, 4.69) is 15.3 Å². The van der Waals surface area contributed by atoms with E-state index in [1.807, 2.05) is 11.0 Å². The van der Waals surface area contributed by atoms with Crippen molar-refractivity contribution in [1.82, 2.24) is 14.9 Å². The summed E-state index contributed by atoms with van der Waals surface area (Å²) in [5, 5.41) is 10.6. The van der Waals surface area contributed by atoms with Crippen LogP contribution in [0.15, 0.2) is 55.1 Å². The summed E-state index contributed by atoms with van der Waals surface area (Å²) in [5.41, 5.74) is 8.11. The van der Waals surface area contributed by atoms with Crippen molar-refractivity contribution in [1.29, 1.82) is 5.41 Å². The zero-order chi connectivity index (χ0) is 24.3. The first kappa shape index (κ1) is 23.4. The number of piperidine rings is 1. The maximum Gasteiger partial charge on any atom is 0.274 e. The number of likely N-dealkylation sites (tertiary alicyclic amines) is 1. The standard InChI is InChI=1S/C24H23F3N6O/c25-19-3-6-30-13-21(19)32-23(34)22(29)18-10-16(1-2-20(18)28)17-9-15(11-31-12-17)14-33-7-4-24(26,27)5-8-33/h1-3,6,9-13,29H,4-5,7-8,14,28H2,(H,32,34). The van der Waals surface area contributed by atoms with E-state index in [1.165, 1.54) is 6.20 Å². The van der Waals surface area contributed by atoms with Crippen molar-refractivity contribution in [2.75, 3.05) is 24.1 Å². The van der Waals surface area contributed by atoms with Gasteiger partial charge in [0.2, 0.25) is 0 Å². The average molecular weight is 468 g/mol. The molecule has 1 amide bonds. The number of amides is 1. The molecule has 0 saturated carbocycles. The fraction of sp³-hybridized carbons (Fsp3) is 0.250. The second kappa shape index (κ2) is 9.60. The second-order valence-corrected chi connectivity index (χ2v) is 8.20. The molecular formula is C24H23F3N6O. The number of nitrogens with one attached hydrogen (secondary N) is 2. The number of nitrogens with two attached hydrogens (primary N) is 1. The maximum absolute atomic E-state index is 13.8. The van der Waals surface area contributed by atoms with Crippen LogP contribution in [0.4, 0.5) is 24.5 Å². The number of aromatic nitrogens is 2. The Labute approximate surface area is 194 Å². The molecule has 176 valence electrons. The van der Waals surface area contributed by atoms with Gasteiger partial charge in [0.25, 0.3) is 11.8 Å². The van der Waals surface area contributed by atoms with Crippen molar-refractivity contribution in [3.8, 4) is 11.1 Å². The molecule has 4 rings (SSSR count). The molecule has 0 atom stereocenters. The highest BCUT2D eigenvalue weighted by Gasteiger charge is 2.33. The van der Waals surface area contributed by atoms with E-state index in [0.717, 1.165) is 23.4 Å². The van der Waals surface area contributed by atoms with Crippen LogP contribution in [-0.4, -0.2) is 45.5 Å². The lowest BCUT2D eigenvalue weighted by atomic mass is 9.99. The number of benzene rings is 1. The minimum Gasteiger partial charge on any atom is -0.398 e. The summed E-state index contributed by atoms with van der Waals surface area (Å²) >= 11 is 0. The molecule has 1 aliphatic rings. The second-order valence-electron chi connectivity index (χ2n) is 8.20. The summed E-state index contributed by atoms with van der Waals surface area (Å²) < 4.78 is 40.7. The Morgan fingerprint density at radius 2 is 1.85 bits per heavy atom. The molecule has 1 fully saturated rings. The molecule has 10 heteroatoms. The van der Waals surface area contributed by atoms with Crippen LogP contribution in [-0.2, 0) is 11.3 Å². The maximum atomic E-state index is 13.8. The summed E-state index contributed by atoms with van der Waals surface area (Å²) in [5.74, 6) is -4.10. The summed E-state index contributed by atoms with van der Waals surface area (Å²) in [6.07, 6.45) is 5.41. The van der Waals surface area contributed by atoms with Crippen molar-refractivity contribution in [3.63, 3.8) is 0 Å². The Balaban J connectivity index is 1.51. The van der Waals surface area contributed by atoms with Crippen LogP contribution in [0.3, 0.4) is 0 Å². The fourth-order valence-electron chi connectivity index (χ4n) is 3.76. The third kappa shape index (κ3) is 5.40. The number of nitrogen functional groups attached to an aromatic ring is 1. The van der Waals surface area contributed by atoms with E-state index in [0.29, 0.717) is 25.2 Å². The van der Waals surface area contributed by atoms with Gasteiger partial charge in [-0.1, -0.05) is 6.07 Å². The van der Waals surface area contributed by atoms with Crippen LogP contribution in [0.1, 0.15) is 24.0 Å². The number of hydrogen-bond acceptors (Lipinski definition) is 6. The number of alkyl halides is 2.